The largest absolute Gasteiger partial charge is 0.494 e. The summed E-state index contributed by atoms with van der Waals surface area (Å²) in [4.78, 5) is 14.4. The minimum Gasteiger partial charge on any atom is -0.494 e. The molecule has 0 fully saturated rings. The Labute approximate surface area is 136 Å². The molecule has 5 heteroatoms. The maximum atomic E-state index is 12.5. The lowest BCUT2D eigenvalue weighted by Gasteiger charge is -2.37. The molecule has 0 saturated carbocycles. The van der Waals surface area contributed by atoms with E-state index in [0.717, 1.165) is 23.6 Å². The molecule has 1 N–H and O–H groups in total. The van der Waals surface area contributed by atoms with E-state index >= 15 is 0 Å². The molecular formula is C18H23N3O2. The van der Waals surface area contributed by atoms with Gasteiger partial charge in [0.2, 0.25) is 0 Å². The number of urea groups is 1. The van der Waals surface area contributed by atoms with Crippen molar-refractivity contribution in [1.29, 1.82) is 0 Å². The number of amides is 2. The van der Waals surface area contributed by atoms with Gasteiger partial charge in [0, 0.05) is 31.5 Å². The van der Waals surface area contributed by atoms with E-state index in [1.54, 1.807) is 0 Å². The van der Waals surface area contributed by atoms with E-state index in [9.17, 15) is 4.79 Å². The standard InChI is InChI=1S/C18H23N3O2/c1-3-19-18(22)21-13-12-20-11-5-6-16(20)17(21)14-7-9-15(10-8-14)23-4-2/h5-11,17H,3-4,12-13H2,1-2H3,(H,19,22). The molecule has 1 atom stereocenters. The van der Waals surface area contributed by atoms with Crippen molar-refractivity contribution >= 4 is 6.03 Å². The van der Waals surface area contributed by atoms with Crippen molar-refractivity contribution in [2.75, 3.05) is 19.7 Å². The molecule has 1 aromatic carbocycles. The highest BCUT2D eigenvalue weighted by Crippen LogP contribution is 2.33. The van der Waals surface area contributed by atoms with Crippen LogP contribution in [-0.4, -0.2) is 35.2 Å². The lowest BCUT2D eigenvalue weighted by atomic mass is 10.00. The molecule has 2 amide bonds. The van der Waals surface area contributed by atoms with Gasteiger partial charge in [-0.3, -0.25) is 0 Å². The monoisotopic (exact) mass is 313 g/mol. The molecule has 1 aliphatic heterocycles. The fourth-order valence-corrected chi connectivity index (χ4v) is 3.12. The van der Waals surface area contributed by atoms with Gasteiger partial charge in [0.1, 0.15) is 5.75 Å². The lowest BCUT2D eigenvalue weighted by molar-refractivity contribution is 0.169. The molecule has 3 rings (SSSR count). The maximum Gasteiger partial charge on any atom is 0.318 e. The normalized spacial score (nSPS) is 16.8. The molecular weight excluding hydrogens is 290 g/mol. The number of benzene rings is 1. The maximum absolute atomic E-state index is 12.5. The third-order valence-corrected chi connectivity index (χ3v) is 4.13. The number of hydrogen-bond acceptors (Lipinski definition) is 2. The van der Waals surface area contributed by atoms with Gasteiger partial charge in [-0.05, 0) is 43.7 Å². The highest BCUT2D eigenvalue weighted by molar-refractivity contribution is 5.75. The van der Waals surface area contributed by atoms with Crippen molar-refractivity contribution in [3.63, 3.8) is 0 Å². The Morgan fingerprint density at radius 1 is 1.22 bits per heavy atom. The van der Waals surface area contributed by atoms with Crippen LogP contribution >= 0.6 is 0 Å². The Morgan fingerprint density at radius 3 is 2.70 bits per heavy atom. The van der Waals surface area contributed by atoms with Crippen molar-refractivity contribution in [2.45, 2.75) is 26.4 Å². The van der Waals surface area contributed by atoms with Gasteiger partial charge in [-0.1, -0.05) is 12.1 Å². The first-order valence-corrected chi connectivity index (χ1v) is 8.16. The zero-order valence-electron chi connectivity index (χ0n) is 13.7. The third kappa shape index (κ3) is 3.04. The molecule has 5 nitrogen and oxygen atoms in total. The van der Waals surface area contributed by atoms with Crippen LogP contribution in [0.5, 0.6) is 5.75 Å². The summed E-state index contributed by atoms with van der Waals surface area (Å²) in [5, 5.41) is 2.92. The second kappa shape index (κ2) is 6.77. The molecule has 1 unspecified atom stereocenters. The molecule has 23 heavy (non-hydrogen) atoms. The van der Waals surface area contributed by atoms with E-state index in [0.29, 0.717) is 19.7 Å². The van der Waals surface area contributed by atoms with Gasteiger partial charge >= 0.3 is 6.03 Å². The molecule has 0 bridgehead atoms. The highest BCUT2D eigenvalue weighted by Gasteiger charge is 2.31. The number of carbonyl (C=O) groups is 1. The fourth-order valence-electron chi connectivity index (χ4n) is 3.12. The number of ether oxygens (including phenoxy) is 1. The summed E-state index contributed by atoms with van der Waals surface area (Å²) >= 11 is 0. The third-order valence-electron chi connectivity index (χ3n) is 4.13. The summed E-state index contributed by atoms with van der Waals surface area (Å²) < 4.78 is 7.74. The Kier molecular flexibility index (Phi) is 4.55. The molecule has 2 heterocycles. The Balaban J connectivity index is 1.95. The minimum atomic E-state index is -0.0685. The average molecular weight is 313 g/mol. The second-order valence-corrected chi connectivity index (χ2v) is 5.56. The molecule has 0 aliphatic carbocycles. The fraction of sp³-hybridized carbons (Fsp3) is 0.389. The molecule has 0 saturated heterocycles. The molecule has 0 radical (unpaired) electrons. The Morgan fingerprint density at radius 2 is 2.00 bits per heavy atom. The number of hydrogen-bond donors (Lipinski definition) is 1. The summed E-state index contributed by atoms with van der Waals surface area (Å²) in [5.74, 6) is 0.854. The molecule has 1 aromatic heterocycles. The number of nitrogens with one attached hydrogen (secondary N) is 1. The zero-order valence-corrected chi connectivity index (χ0v) is 13.7. The summed E-state index contributed by atoms with van der Waals surface area (Å²) in [6.45, 7) is 6.72. The smallest absolute Gasteiger partial charge is 0.318 e. The first kappa shape index (κ1) is 15.5. The van der Waals surface area contributed by atoms with Crippen LogP contribution in [0.3, 0.4) is 0 Å². The van der Waals surface area contributed by atoms with Gasteiger partial charge in [0.15, 0.2) is 0 Å². The number of nitrogens with zero attached hydrogens (tertiary/aromatic N) is 2. The lowest BCUT2D eigenvalue weighted by Crippen LogP contribution is -2.47. The van der Waals surface area contributed by atoms with Crippen LogP contribution in [0.1, 0.15) is 31.1 Å². The summed E-state index contributed by atoms with van der Waals surface area (Å²) in [6, 6.07) is 12.1. The van der Waals surface area contributed by atoms with Crippen molar-refractivity contribution in [1.82, 2.24) is 14.8 Å². The van der Waals surface area contributed by atoms with Crippen molar-refractivity contribution < 1.29 is 9.53 Å². The first-order chi connectivity index (χ1) is 11.2. The number of fused-ring (bicyclic) bond motifs is 1. The Bertz CT molecular complexity index is 663. The van der Waals surface area contributed by atoms with Gasteiger partial charge in [0.05, 0.1) is 12.6 Å². The van der Waals surface area contributed by atoms with Crippen LogP contribution in [0.4, 0.5) is 4.79 Å². The van der Waals surface area contributed by atoms with Crippen LogP contribution in [-0.2, 0) is 6.54 Å². The van der Waals surface area contributed by atoms with Crippen LogP contribution in [0, 0.1) is 0 Å². The SMILES string of the molecule is CCNC(=O)N1CCn2cccc2C1c1ccc(OCC)cc1. The highest BCUT2D eigenvalue weighted by atomic mass is 16.5. The van der Waals surface area contributed by atoms with Gasteiger partial charge < -0.3 is 19.5 Å². The molecule has 0 spiro atoms. The van der Waals surface area contributed by atoms with Crippen LogP contribution in [0.25, 0.3) is 0 Å². The summed E-state index contributed by atoms with van der Waals surface area (Å²) in [7, 11) is 0. The number of aromatic nitrogens is 1. The first-order valence-electron chi connectivity index (χ1n) is 8.16. The second-order valence-electron chi connectivity index (χ2n) is 5.56. The van der Waals surface area contributed by atoms with E-state index in [1.165, 1.54) is 0 Å². The zero-order chi connectivity index (χ0) is 16.2. The van der Waals surface area contributed by atoms with Gasteiger partial charge in [0.25, 0.3) is 0 Å². The molecule has 2 aromatic rings. The van der Waals surface area contributed by atoms with E-state index in [4.69, 9.17) is 4.74 Å². The van der Waals surface area contributed by atoms with Crippen LogP contribution < -0.4 is 10.1 Å². The van der Waals surface area contributed by atoms with Crippen LogP contribution in [0.2, 0.25) is 0 Å². The minimum absolute atomic E-state index is 0.0150. The summed E-state index contributed by atoms with van der Waals surface area (Å²) in [5.41, 5.74) is 2.24. The number of carbonyl (C=O) groups excluding carboxylic acids is 1. The average Bonchev–Trinajstić information content (AvgIpc) is 3.04. The van der Waals surface area contributed by atoms with E-state index in [2.05, 4.69) is 22.1 Å². The van der Waals surface area contributed by atoms with Gasteiger partial charge in [-0.15, -0.1) is 0 Å². The van der Waals surface area contributed by atoms with E-state index in [-0.39, 0.29) is 12.1 Å². The van der Waals surface area contributed by atoms with Crippen molar-refractivity contribution in [3.05, 3.63) is 53.9 Å². The quantitative estimate of drug-likeness (QED) is 0.943. The number of rotatable bonds is 4. The predicted molar refractivity (Wildman–Crippen MR) is 89.7 cm³/mol. The van der Waals surface area contributed by atoms with Crippen molar-refractivity contribution in [2.24, 2.45) is 0 Å². The van der Waals surface area contributed by atoms with Crippen LogP contribution in [0.15, 0.2) is 42.6 Å². The topological polar surface area (TPSA) is 46.5 Å². The molecule has 122 valence electrons. The van der Waals surface area contributed by atoms with Crippen molar-refractivity contribution in [3.8, 4) is 5.75 Å². The van der Waals surface area contributed by atoms with Gasteiger partial charge in [-0.2, -0.15) is 0 Å². The molecule has 1 aliphatic rings. The summed E-state index contributed by atoms with van der Waals surface area (Å²) in [6.07, 6.45) is 2.08. The predicted octanol–water partition coefficient (Wildman–Crippen LogP) is 3.02. The van der Waals surface area contributed by atoms with E-state index < -0.39 is 0 Å². The van der Waals surface area contributed by atoms with Gasteiger partial charge in [-0.25, -0.2) is 4.79 Å². The Hall–Kier alpha value is -2.43. The van der Waals surface area contributed by atoms with E-state index in [1.807, 2.05) is 49.1 Å².